The third-order valence-electron chi connectivity index (χ3n) is 6.32. The molecule has 1 saturated heterocycles. The molecule has 0 atom stereocenters. The Labute approximate surface area is 201 Å². The van der Waals surface area contributed by atoms with E-state index in [0.717, 1.165) is 35.0 Å². The van der Waals surface area contributed by atoms with E-state index in [1.807, 2.05) is 45.3 Å². The van der Waals surface area contributed by atoms with Crippen LogP contribution in [-0.2, 0) is 21.1 Å². The molecule has 4 rings (SSSR count). The lowest BCUT2D eigenvalue weighted by Crippen LogP contribution is -2.41. The van der Waals surface area contributed by atoms with Gasteiger partial charge in [-0.15, -0.1) is 0 Å². The summed E-state index contributed by atoms with van der Waals surface area (Å²) in [4.78, 5) is 19.2. The van der Waals surface area contributed by atoms with Crippen LogP contribution in [0.1, 0.15) is 56.4 Å². The molecule has 0 bridgehead atoms. The summed E-state index contributed by atoms with van der Waals surface area (Å²) in [5, 5.41) is 0.897. The van der Waals surface area contributed by atoms with Crippen molar-refractivity contribution >= 4 is 26.8 Å². The van der Waals surface area contributed by atoms with Gasteiger partial charge in [-0.05, 0) is 81.8 Å². The average Bonchev–Trinajstić information content (AvgIpc) is 3.15. The van der Waals surface area contributed by atoms with E-state index in [2.05, 4.69) is 17.6 Å². The number of pyridine rings is 1. The molecule has 34 heavy (non-hydrogen) atoms. The largest absolute Gasteiger partial charge is 0.444 e. The summed E-state index contributed by atoms with van der Waals surface area (Å²) in [6.45, 7) is 9.72. The molecule has 7 nitrogen and oxygen atoms in total. The van der Waals surface area contributed by atoms with Crippen molar-refractivity contribution < 1.29 is 17.9 Å². The van der Waals surface area contributed by atoms with E-state index >= 15 is 0 Å². The van der Waals surface area contributed by atoms with Crippen LogP contribution < -0.4 is 0 Å². The van der Waals surface area contributed by atoms with E-state index in [1.54, 1.807) is 17.0 Å². The first-order valence-electron chi connectivity index (χ1n) is 11.6. The van der Waals surface area contributed by atoms with Crippen molar-refractivity contribution in [1.82, 2.24) is 14.5 Å². The highest BCUT2D eigenvalue weighted by molar-refractivity contribution is 7.90. The molecule has 3 aromatic rings. The van der Waals surface area contributed by atoms with E-state index in [4.69, 9.17) is 9.72 Å². The van der Waals surface area contributed by atoms with Gasteiger partial charge < -0.3 is 14.2 Å². The van der Waals surface area contributed by atoms with Crippen molar-refractivity contribution in [2.75, 3.05) is 19.3 Å². The summed E-state index contributed by atoms with van der Waals surface area (Å²) in [5.41, 5.74) is 3.82. The summed E-state index contributed by atoms with van der Waals surface area (Å²) < 4.78 is 31.3. The number of amides is 1. The smallest absolute Gasteiger partial charge is 0.410 e. The summed E-state index contributed by atoms with van der Waals surface area (Å²) in [6, 6.07) is 9.37. The van der Waals surface area contributed by atoms with Crippen LogP contribution in [0.2, 0.25) is 0 Å². The van der Waals surface area contributed by atoms with Gasteiger partial charge in [0.15, 0.2) is 9.84 Å². The quantitative estimate of drug-likeness (QED) is 0.527. The maximum atomic E-state index is 12.3. The lowest BCUT2D eigenvalue weighted by molar-refractivity contribution is 0.0204. The fraction of sp³-hybridized carbons (Fsp3) is 0.462. The van der Waals surface area contributed by atoms with Crippen LogP contribution in [0, 0.1) is 6.92 Å². The number of carbonyl (C=O) groups is 1. The van der Waals surface area contributed by atoms with Gasteiger partial charge in [-0.25, -0.2) is 13.2 Å². The molecule has 1 aromatic carbocycles. The van der Waals surface area contributed by atoms with Crippen molar-refractivity contribution in [3.8, 4) is 0 Å². The van der Waals surface area contributed by atoms with Gasteiger partial charge in [0.1, 0.15) is 5.60 Å². The second-order valence-electron chi connectivity index (χ2n) is 10.2. The number of aryl methyl sites for hydroxylation is 1. The van der Waals surface area contributed by atoms with Crippen LogP contribution in [0.5, 0.6) is 0 Å². The number of benzene rings is 1. The molecule has 1 aliphatic rings. The minimum atomic E-state index is -3.23. The molecule has 182 valence electrons. The molecule has 0 aliphatic carbocycles. The third kappa shape index (κ3) is 5.43. The van der Waals surface area contributed by atoms with E-state index in [1.165, 1.54) is 11.8 Å². The zero-order valence-corrected chi connectivity index (χ0v) is 21.4. The number of likely N-dealkylation sites (tertiary alicyclic amines) is 1. The number of piperidine rings is 1. The highest BCUT2D eigenvalue weighted by Crippen LogP contribution is 2.30. The number of hydrogen-bond acceptors (Lipinski definition) is 5. The molecule has 3 heterocycles. The van der Waals surface area contributed by atoms with Crippen LogP contribution in [0.25, 0.3) is 10.9 Å². The molecular formula is C26H33N3O4S. The summed E-state index contributed by atoms with van der Waals surface area (Å²) in [5.74, 6) is 0.376. The Morgan fingerprint density at radius 3 is 2.47 bits per heavy atom. The number of ether oxygens (including phenoxy) is 1. The Bertz CT molecular complexity index is 1310. The highest BCUT2D eigenvalue weighted by Gasteiger charge is 2.27. The van der Waals surface area contributed by atoms with Gasteiger partial charge in [-0.3, -0.25) is 4.98 Å². The second-order valence-corrected chi connectivity index (χ2v) is 12.2. The fourth-order valence-electron chi connectivity index (χ4n) is 4.44. The molecule has 0 unspecified atom stereocenters. The van der Waals surface area contributed by atoms with Crippen molar-refractivity contribution in [2.45, 2.75) is 63.5 Å². The molecule has 8 heteroatoms. The summed E-state index contributed by atoms with van der Waals surface area (Å²) in [6.07, 6.45) is 6.71. The van der Waals surface area contributed by atoms with Crippen LogP contribution in [-0.4, -0.2) is 53.9 Å². The number of aromatic nitrogens is 2. The zero-order chi connectivity index (χ0) is 24.7. The van der Waals surface area contributed by atoms with Gasteiger partial charge in [0.05, 0.1) is 17.1 Å². The summed E-state index contributed by atoms with van der Waals surface area (Å²) in [7, 11) is -3.23. The molecule has 0 N–H and O–H groups in total. The lowest BCUT2D eigenvalue weighted by atomic mass is 9.89. The minimum absolute atomic E-state index is 0.238. The van der Waals surface area contributed by atoms with Crippen molar-refractivity contribution in [2.24, 2.45) is 0 Å². The molecule has 1 fully saturated rings. The van der Waals surface area contributed by atoms with Gasteiger partial charge in [0.25, 0.3) is 0 Å². The van der Waals surface area contributed by atoms with E-state index < -0.39 is 15.4 Å². The predicted octanol–water partition coefficient (Wildman–Crippen LogP) is 4.91. The second kappa shape index (κ2) is 9.06. The lowest BCUT2D eigenvalue weighted by Gasteiger charge is -2.33. The number of rotatable bonds is 4. The standard InChI is InChI=1S/C26H33N3O4S/c1-18-14-21(19-8-11-28(12-9-19)25(30)33-26(2,3)4)16-27-23(18)17-29-13-10-20-15-22(34(5,31)32)6-7-24(20)29/h6-7,10,13-16,19H,8-9,11-12,17H2,1-5H3. The number of sulfone groups is 1. The Kier molecular flexibility index (Phi) is 6.46. The molecule has 2 aromatic heterocycles. The monoisotopic (exact) mass is 483 g/mol. The van der Waals surface area contributed by atoms with Crippen molar-refractivity contribution in [3.05, 3.63) is 59.5 Å². The number of carbonyl (C=O) groups excluding carboxylic acids is 1. The topological polar surface area (TPSA) is 81.5 Å². The molecule has 1 aliphatic heterocycles. The zero-order valence-electron chi connectivity index (χ0n) is 20.5. The maximum Gasteiger partial charge on any atom is 0.410 e. The minimum Gasteiger partial charge on any atom is -0.444 e. The Balaban J connectivity index is 1.44. The number of hydrogen-bond donors (Lipinski definition) is 0. The molecule has 0 radical (unpaired) electrons. The Morgan fingerprint density at radius 1 is 1.15 bits per heavy atom. The average molecular weight is 484 g/mol. The fourth-order valence-corrected chi connectivity index (χ4v) is 5.10. The first kappa shape index (κ1) is 24.3. The Hall–Kier alpha value is -2.87. The SMILES string of the molecule is Cc1cc(C2CCN(C(=O)OC(C)(C)C)CC2)cnc1Cn1ccc2cc(S(C)(=O)=O)ccc21. The highest BCUT2D eigenvalue weighted by atomic mass is 32.2. The molecule has 0 spiro atoms. The van der Waals surface area contributed by atoms with E-state index in [9.17, 15) is 13.2 Å². The van der Waals surface area contributed by atoms with E-state index in [-0.39, 0.29) is 6.09 Å². The van der Waals surface area contributed by atoms with Crippen LogP contribution >= 0.6 is 0 Å². The molecular weight excluding hydrogens is 450 g/mol. The first-order valence-corrected chi connectivity index (χ1v) is 13.5. The van der Waals surface area contributed by atoms with Gasteiger partial charge in [-0.1, -0.05) is 6.07 Å². The predicted molar refractivity (Wildman–Crippen MR) is 133 cm³/mol. The van der Waals surface area contributed by atoms with Crippen LogP contribution in [0.4, 0.5) is 4.79 Å². The van der Waals surface area contributed by atoms with Gasteiger partial charge in [0.2, 0.25) is 0 Å². The van der Waals surface area contributed by atoms with Crippen molar-refractivity contribution in [3.63, 3.8) is 0 Å². The van der Waals surface area contributed by atoms with Crippen LogP contribution in [0.3, 0.4) is 0 Å². The van der Waals surface area contributed by atoms with Crippen LogP contribution in [0.15, 0.2) is 47.6 Å². The van der Waals surface area contributed by atoms with Gasteiger partial charge >= 0.3 is 6.09 Å². The number of fused-ring (bicyclic) bond motifs is 1. The van der Waals surface area contributed by atoms with Gasteiger partial charge in [-0.2, -0.15) is 0 Å². The van der Waals surface area contributed by atoms with Crippen molar-refractivity contribution in [1.29, 1.82) is 0 Å². The molecule has 0 saturated carbocycles. The van der Waals surface area contributed by atoms with E-state index in [0.29, 0.717) is 30.4 Å². The number of nitrogens with zero attached hydrogens (tertiary/aromatic N) is 3. The normalized spacial score (nSPS) is 15.6. The molecule has 1 amide bonds. The Morgan fingerprint density at radius 2 is 1.85 bits per heavy atom. The third-order valence-corrected chi connectivity index (χ3v) is 7.43. The maximum absolute atomic E-state index is 12.3. The first-order chi connectivity index (χ1) is 15.9. The summed E-state index contributed by atoms with van der Waals surface area (Å²) >= 11 is 0. The van der Waals surface area contributed by atoms with Gasteiger partial charge in [0, 0.05) is 42.6 Å².